The number of rotatable bonds is 8. The Balaban J connectivity index is 1.74. The number of tetrazole rings is 1. The molecule has 0 amide bonds. The van der Waals surface area contributed by atoms with Crippen LogP contribution in [-0.4, -0.2) is 71.1 Å². The monoisotopic (exact) mass is 437 g/mol. The Morgan fingerprint density at radius 1 is 1.17 bits per heavy atom. The van der Waals surface area contributed by atoms with E-state index in [1.165, 1.54) is 23.5 Å². The molecule has 4 aromatic rings. The van der Waals surface area contributed by atoms with E-state index in [2.05, 4.69) is 36.4 Å². The average molecular weight is 438 g/mol. The second kappa shape index (κ2) is 9.25. The van der Waals surface area contributed by atoms with Gasteiger partial charge in [0.2, 0.25) is 10.3 Å². The minimum Gasteiger partial charge on any atom is -0.308 e. The molecular formula is C19H19N9S2. The van der Waals surface area contributed by atoms with E-state index in [0.717, 1.165) is 22.8 Å². The molecule has 0 atom stereocenters. The molecule has 1 aromatic carbocycles. The Kier molecular flexibility index (Phi) is 6.27. The van der Waals surface area contributed by atoms with Gasteiger partial charge in [-0.3, -0.25) is 0 Å². The molecular weight excluding hydrogens is 418 g/mol. The van der Waals surface area contributed by atoms with Crippen molar-refractivity contribution in [3.05, 3.63) is 36.4 Å². The number of terminal acetylenes is 1. The molecule has 0 bridgehead atoms. The minimum atomic E-state index is 0.494. The summed E-state index contributed by atoms with van der Waals surface area (Å²) in [7, 11) is 4.03. The SMILES string of the molecule is C#CCSc1nc2nc(-c3ccccc3)cc(Sc3nnnn3CCN(C)C)n2n1. The molecule has 0 aliphatic rings. The highest BCUT2D eigenvalue weighted by molar-refractivity contribution is 7.99. The van der Waals surface area contributed by atoms with E-state index in [0.29, 0.717) is 28.4 Å². The Hall–Kier alpha value is -2.94. The lowest BCUT2D eigenvalue weighted by Gasteiger charge is -2.10. The van der Waals surface area contributed by atoms with E-state index in [1.807, 2.05) is 50.5 Å². The predicted molar refractivity (Wildman–Crippen MR) is 116 cm³/mol. The molecule has 0 unspecified atom stereocenters. The molecule has 0 saturated carbocycles. The fraction of sp³-hybridized carbons (Fsp3) is 0.263. The molecule has 11 heteroatoms. The summed E-state index contributed by atoms with van der Waals surface area (Å²) in [6, 6.07) is 11.9. The molecule has 0 fully saturated rings. The van der Waals surface area contributed by atoms with Crippen LogP contribution in [0.1, 0.15) is 0 Å². The summed E-state index contributed by atoms with van der Waals surface area (Å²) >= 11 is 2.83. The number of hydrogen-bond donors (Lipinski definition) is 0. The van der Waals surface area contributed by atoms with Crippen molar-refractivity contribution in [1.29, 1.82) is 0 Å². The smallest absolute Gasteiger partial charge is 0.254 e. The second-order valence-corrected chi connectivity index (χ2v) is 8.46. The van der Waals surface area contributed by atoms with Crippen LogP contribution in [0.5, 0.6) is 0 Å². The third-order valence-corrected chi connectivity index (χ3v) is 5.79. The Morgan fingerprint density at radius 2 is 2.00 bits per heavy atom. The van der Waals surface area contributed by atoms with Gasteiger partial charge < -0.3 is 4.90 Å². The molecule has 0 aliphatic heterocycles. The van der Waals surface area contributed by atoms with E-state index >= 15 is 0 Å². The molecule has 30 heavy (non-hydrogen) atoms. The van der Waals surface area contributed by atoms with Crippen LogP contribution in [0.4, 0.5) is 0 Å². The maximum absolute atomic E-state index is 5.38. The topological polar surface area (TPSA) is 89.9 Å². The lowest BCUT2D eigenvalue weighted by Crippen LogP contribution is -2.19. The van der Waals surface area contributed by atoms with E-state index < -0.39 is 0 Å². The summed E-state index contributed by atoms with van der Waals surface area (Å²) in [4.78, 5) is 11.3. The number of benzene rings is 1. The van der Waals surface area contributed by atoms with Gasteiger partial charge in [0.15, 0.2) is 0 Å². The number of nitrogens with zero attached hydrogens (tertiary/aromatic N) is 9. The van der Waals surface area contributed by atoms with Crippen molar-refractivity contribution < 1.29 is 0 Å². The van der Waals surface area contributed by atoms with Crippen LogP contribution in [-0.2, 0) is 6.54 Å². The fourth-order valence-corrected chi connectivity index (χ4v) is 3.99. The van der Waals surface area contributed by atoms with E-state index in [4.69, 9.17) is 11.4 Å². The third kappa shape index (κ3) is 4.62. The van der Waals surface area contributed by atoms with Crippen molar-refractivity contribution in [2.24, 2.45) is 0 Å². The van der Waals surface area contributed by atoms with Gasteiger partial charge >= 0.3 is 0 Å². The van der Waals surface area contributed by atoms with Crippen LogP contribution >= 0.6 is 23.5 Å². The van der Waals surface area contributed by atoms with Gasteiger partial charge in [0.25, 0.3) is 5.78 Å². The van der Waals surface area contributed by atoms with E-state index in [1.54, 1.807) is 9.20 Å². The minimum absolute atomic E-state index is 0.494. The Labute approximate surface area is 182 Å². The highest BCUT2D eigenvalue weighted by Gasteiger charge is 2.17. The van der Waals surface area contributed by atoms with Crippen molar-refractivity contribution in [3.8, 4) is 23.6 Å². The maximum atomic E-state index is 5.38. The van der Waals surface area contributed by atoms with Crippen LogP contribution in [0.15, 0.2) is 51.7 Å². The lowest BCUT2D eigenvalue weighted by atomic mass is 10.1. The molecule has 0 N–H and O–H groups in total. The summed E-state index contributed by atoms with van der Waals surface area (Å²) in [6.07, 6.45) is 5.38. The lowest BCUT2D eigenvalue weighted by molar-refractivity contribution is 0.361. The normalized spacial score (nSPS) is 11.3. The molecule has 9 nitrogen and oxygen atoms in total. The maximum Gasteiger partial charge on any atom is 0.254 e. The van der Waals surface area contributed by atoms with Gasteiger partial charge in [-0.25, -0.2) is 9.67 Å². The number of likely N-dealkylation sites (N-methyl/N-ethyl adjacent to an activating group) is 1. The zero-order chi connectivity index (χ0) is 20.9. The summed E-state index contributed by atoms with van der Waals surface area (Å²) in [5.74, 6) is 3.59. The molecule has 152 valence electrons. The first kappa shape index (κ1) is 20.3. The second-order valence-electron chi connectivity index (χ2n) is 6.53. The van der Waals surface area contributed by atoms with Gasteiger partial charge in [-0.15, -0.1) is 16.6 Å². The molecule has 0 radical (unpaired) electrons. The average Bonchev–Trinajstić information content (AvgIpc) is 3.37. The number of thioether (sulfide) groups is 1. The van der Waals surface area contributed by atoms with Crippen LogP contribution in [0, 0.1) is 12.3 Å². The zero-order valence-corrected chi connectivity index (χ0v) is 18.1. The Morgan fingerprint density at radius 3 is 2.77 bits per heavy atom. The summed E-state index contributed by atoms with van der Waals surface area (Å²) in [5, 5.41) is 18.8. The molecule has 0 saturated heterocycles. The van der Waals surface area contributed by atoms with Gasteiger partial charge in [0.05, 0.1) is 18.0 Å². The first-order valence-electron chi connectivity index (χ1n) is 9.12. The zero-order valence-electron chi connectivity index (χ0n) is 16.5. The van der Waals surface area contributed by atoms with Crippen molar-refractivity contribution >= 4 is 29.3 Å². The number of fused-ring (bicyclic) bond motifs is 1. The molecule has 4 rings (SSSR count). The van der Waals surface area contributed by atoms with Crippen molar-refractivity contribution in [3.63, 3.8) is 0 Å². The highest BCUT2D eigenvalue weighted by atomic mass is 32.2. The highest BCUT2D eigenvalue weighted by Crippen LogP contribution is 2.30. The largest absolute Gasteiger partial charge is 0.308 e. The summed E-state index contributed by atoms with van der Waals surface area (Å²) < 4.78 is 3.49. The van der Waals surface area contributed by atoms with Crippen LogP contribution < -0.4 is 0 Å². The first-order chi connectivity index (χ1) is 14.6. The third-order valence-electron chi connectivity index (χ3n) is 4.07. The Bertz CT molecular complexity index is 1180. The summed E-state index contributed by atoms with van der Waals surface area (Å²) in [5.41, 5.74) is 1.80. The van der Waals surface area contributed by atoms with Gasteiger partial charge in [0, 0.05) is 12.1 Å². The molecule has 0 aliphatic carbocycles. The van der Waals surface area contributed by atoms with Crippen molar-refractivity contribution in [2.75, 3.05) is 26.4 Å². The predicted octanol–water partition coefficient (Wildman–Crippen LogP) is 2.22. The van der Waals surface area contributed by atoms with Crippen molar-refractivity contribution in [1.82, 2.24) is 44.7 Å². The molecule has 0 spiro atoms. The molecule has 3 aromatic heterocycles. The van der Waals surface area contributed by atoms with Gasteiger partial charge in [-0.05, 0) is 42.4 Å². The van der Waals surface area contributed by atoms with Gasteiger partial charge in [-0.2, -0.15) is 9.50 Å². The number of aromatic nitrogens is 8. The van der Waals surface area contributed by atoms with Crippen LogP contribution in [0.3, 0.4) is 0 Å². The van der Waals surface area contributed by atoms with Gasteiger partial charge in [-0.1, -0.05) is 48.0 Å². The number of hydrogen-bond acceptors (Lipinski definition) is 9. The quantitative estimate of drug-likeness (QED) is 0.234. The summed E-state index contributed by atoms with van der Waals surface area (Å²) in [6.45, 7) is 1.51. The fourth-order valence-electron chi connectivity index (χ4n) is 2.62. The standard InChI is InChI=1S/C19H19N9S2/c1-4-12-29-18-21-17-20-15(14-8-6-5-7-9-14)13-16(28(17)23-18)30-19-22-24-25-27(19)11-10-26(2)3/h1,5-9,13H,10-12H2,2-3H3. The first-order valence-corrected chi connectivity index (χ1v) is 10.9. The van der Waals surface area contributed by atoms with E-state index in [-0.39, 0.29) is 0 Å². The van der Waals surface area contributed by atoms with Crippen molar-refractivity contribution in [2.45, 2.75) is 21.9 Å². The molecule has 3 heterocycles. The van der Waals surface area contributed by atoms with Gasteiger partial charge in [0.1, 0.15) is 5.03 Å². The van der Waals surface area contributed by atoms with Crippen LogP contribution in [0.25, 0.3) is 17.0 Å². The van der Waals surface area contributed by atoms with Crippen LogP contribution in [0.2, 0.25) is 0 Å². The van der Waals surface area contributed by atoms with E-state index in [9.17, 15) is 0 Å².